The molecule has 2 unspecified atom stereocenters. The standard InChI is InChI=1S/C20H29N3O5S2/c1-16-14-23(15-17(2)28-16)30(26,27)22-11-9-21(10-12-22)29(24,25)20-8-7-18-5-3-4-6-19(18)13-20/h3-6,13,16-17H,7-12,14-15H2,1-2H3. The van der Waals surface area contributed by atoms with Crippen molar-refractivity contribution < 1.29 is 21.6 Å². The van der Waals surface area contributed by atoms with Crippen LogP contribution in [0.4, 0.5) is 0 Å². The zero-order valence-corrected chi connectivity index (χ0v) is 19.0. The van der Waals surface area contributed by atoms with E-state index in [0.29, 0.717) is 30.8 Å². The molecule has 0 radical (unpaired) electrons. The molecule has 1 aromatic carbocycles. The Labute approximate surface area is 179 Å². The number of allylic oxidation sites excluding steroid dienone is 1. The van der Waals surface area contributed by atoms with E-state index >= 15 is 0 Å². The van der Waals surface area contributed by atoms with Gasteiger partial charge in [0.15, 0.2) is 0 Å². The minimum absolute atomic E-state index is 0.158. The smallest absolute Gasteiger partial charge is 0.282 e. The fourth-order valence-electron chi connectivity index (χ4n) is 4.40. The van der Waals surface area contributed by atoms with E-state index in [1.54, 1.807) is 6.08 Å². The van der Waals surface area contributed by atoms with Crippen molar-refractivity contribution in [2.45, 2.75) is 38.9 Å². The van der Waals surface area contributed by atoms with Crippen molar-refractivity contribution in [3.8, 4) is 0 Å². The minimum atomic E-state index is -3.63. The van der Waals surface area contributed by atoms with Crippen LogP contribution in [0.5, 0.6) is 0 Å². The molecule has 0 aromatic heterocycles. The Bertz CT molecular complexity index is 1020. The Morgan fingerprint density at radius 1 is 0.833 bits per heavy atom. The zero-order chi connectivity index (χ0) is 21.5. The number of hydrogen-bond donors (Lipinski definition) is 0. The summed E-state index contributed by atoms with van der Waals surface area (Å²) in [7, 11) is -7.23. The second-order valence-electron chi connectivity index (χ2n) is 8.19. The number of morpholine rings is 1. The van der Waals surface area contributed by atoms with Crippen molar-refractivity contribution in [3.05, 3.63) is 40.3 Å². The third kappa shape index (κ3) is 4.21. The normalized spacial score (nSPS) is 27.5. The summed E-state index contributed by atoms with van der Waals surface area (Å²) in [5.41, 5.74) is 2.10. The first-order valence-electron chi connectivity index (χ1n) is 10.4. The highest BCUT2D eigenvalue weighted by molar-refractivity contribution is 7.93. The molecular formula is C20H29N3O5S2. The van der Waals surface area contributed by atoms with Gasteiger partial charge in [0, 0.05) is 39.3 Å². The van der Waals surface area contributed by atoms with Gasteiger partial charge in [-0.25, -0.2) is 8.42 Å². The van der Waals surface area contributed by atoms with Gasteiger partial charge in [-0.3, -0.25) is 0 Å². The molecule has 0 saturated carbocycles. The monoisotopic (exact) mass is 455 g/mol. The third-order valence-electron chi connectivity index (χ3n) is 5.92. The molecule has 2 atom stereocenters. The summed E-state index contributed by atoms with van der Waals surface area (Å²) in [4.78, 5) is 0.410. The number of nitrogens with zero attached hydrogens (tertiary/aromatic N) is 3. The molecule has 0 bridgehead atoms. The Hall–Kier alpha value is -1.30. The second kappa shape index (κ2) is 8.33. The van der Waals surface area contributed by atoms with Gasteiger partial charge in [0.1, 0.15) is 0 Å². The molecular weight excluding hydrogens is 426 g/mol. The van der Waals surface area contributed by atoms with E-state index in [0.717, 1.165) is 11.1 Å². The number of piperazine rings is 1. The fourth-order valence-corrected chi connectivity index (χ4v) is 7.76. The highest BCUT2D eigenvalue weighted by Crippen LogP contribution is 2.30. The van der Waals surface area contributed by atoms with Crippen LogP contribution in [0.15, 0.2) is 29.2 Å². The Balaban J connectivity index is 1.45. The third-order valence-corrected chi connectivity index (χ3v) is 9.92. The van der Waals surface area contributed by atoms with Crippen molar-refractivity contribution in [2.75, 3.05) is 39.3 Å². The Morgan fingerprint density at radius 2 is 1.43 bits per heavy atom. The topological polar surface area (TPSA) is 87.2 Å². The first kappa shape index (κ1) is 21.9. The maximum absolute atomic E-state index is 13.2. The molecule has 2 aliphatic heterocycles. The van der Waals surface area contributed by atoms with Gasteiger partial charge in [-0.15, -0.1) is 0 Å². The molecule has 1 aromatic rings. The lowest BCUT2D eigenvalue weighted by molar-refractivity contribution is -0.0456. The van der Waals surface area contributed by atoms with Gasteiger partial charge < -0.3 is 4.74 Å². The summed E-state index contributed by atoms with van der Waals surface area (Å²) in [5.74, 6) is 0. The van der Waals surface area contributed by atoms with Crippen molar-refractivity contribution in [2.24, 2.45) is 0 Å². The van der Waals surface area contributed by atoms with Crippen LogP contribution < -0.4 is 0 Å². The summed E-state index contributed by atoms with van der Waals surface area (Å²) in [6.45, 7) is 5.00. The average molecular weight is 456 g/mol. The highest BCUT2D eigenvalue weighted by atomic mass is 32.2. The van der Waals surface area contributed by atoms with E-state index in [9.17, 15) is 16.8 Å². The summed E-state index contributed by atoms with van der Waals surface area (Å²) >= 11 is 0. The molecule has 3 aliphatic rings. The molecule has 8 nitrogen and oxygen atoms in total. The van der Waals surface area contributed by atoms with Gasteiger partial charge in [0.05, 0.1) is 17.1 Å². The number of hydrogen-bond acceptors (Lipinski definition) is 5. The molecule has 0 amide bonds. The largest absolute Gasteiger partial charge is 0.373 e. The number of sulfonamides is 1. The van der Waals surface area contributed by atoms with Gasteiger partial charge in [-0.05, 0) is 43.9 Å². The average Bonchev–Trinajstić information content (AvgIpc) is 2.72. The van der Waals surface area contributed by atoms with Gasteiger partial charge in [0.2, 0.25) is 10.0 Å². The van der Waals surface area contributed by atoms with Crippen LogP contribution in [0, 0.1) is 0 Å². The predicted octanol–water partition coefficient (Wildman–Crippen LogP) is 1.28. The molecule has 10 heteroatoms. The van der Waals surface area contributed by atoms with E-state index in [4.69, 9.17) is 4.74 Å². The number of ether oxygens (including phenoxy) is 1. The van der Waals surface area contributed by atoms with E-state index in [1.807, 2.05) is 38.1 Å². The molecule has 166 valence electrons. The highest BCUT2D eigenvalue weighted by Gasteiger charge is 2.39. The second-order valence-corrected chi connectivity index (χ2v) is 12.1. The van der Waals surface area contributed by atoms with E-state index < -0.39 is 20.2 Å². The van der Waals surface area contributed by atoms with Crippen LogP contribution in [0.3, 0.4) is 0 Å². The lowest BCUT2D eigenvalue weighted by Crippen LogP contribution is -2.57. The predicted molar refractivity (Wildman–Crippen MR) is 115 cm³/mol. The summed E-state index contributed by atoms with van der Waals surface area (Å²) in [6, 6.07) is 7.81. The maximum Gasteiger partial charge on any atom is 0.282 e. The van der Waals surface area contributed by atoms with Gasteiger partial charge in [0.25, 0.3) is 10.2 Å². The molecule has 0 spiro atoms. The van der Waals surface area contributed by atoms with Crippen LogP contribution in [0.25, 0.3) is 6.08 Å². The molecule has 1 aliphatic carbocycles. The number of fused-ring (bicyclic) bond motifs is 1. The summed E-state index contributed by atoms with van der Waals surface area (Å²) < 4.78 is 62.3. The van der Waals surface area contributed by atoms with Crippen LogP contribution in [0.2, 0.25) is 0 Å². The van der Waals surface area contributed by atoms with Crippen LogP contribution in [0.1, 0.15) is 31.4 Å². The van der Waals surface area contributed by atoms with Crippen molar-refractivity contribution >= 4 is 26.3 Å². The first-order chi connectivity index (χ1) is 14.2. The van der Waals surface area contributed by atoms with Crippen molar-refractivity contribution in [1.82, 2.24) is 12.9 Å². The minimum Gasteiger partial charge on any atom is -0.373 e. The number of rotatable bonds is 4. The first-order valence-corrected chi connectivity index (χ1v) is 13.2. The van der Waals surface area contributed by atoms with Crippen LogP contribution in [-0.2, 0) is 31.4 Å². The molecule has 0 N–H and O–H groups in total. The van der Waals surface area contributed by atoms with E-state index in [-0.39, 0.29) is 38.4 Å². The molecule has 2 saturated heterocycles. The quantitative estimate of drug-likeness (QED) is 0.683. The Morgan fingerprint density at radius 3 is 2.10 bits per heavy atom. The maximum atomic E-state index is 13.2. The Kier molecular flexibility index (Phi) is 6.08. The van der Waals surface area contributed by atoms with Gasteiger partial charge in [-0.2, -0.15) is 21.3 Å². The summed E-state index contributed by atoms with van der Waals surface area (Å²) in [6.07, 6.45) is 2.61. The lowest BCUT2D eigenvalue weighted by atomic mass is 9.98. The van der Waals surface area contributed by atoms with E-state index in [2.05, 4.69) is 0 Å². The molecule has 30 heavy (non-hydrogen) atoms. The van der Waals surface area contributed by atoms with Crippen LogP contribution in [-0.4, -0.2) is 81.2 Å². The number of benzene rings is 1. The molecule has 4 rings (SSSR count). The lowest BCUT2D eigenvalue weighted by Gasteiger charge is -2.40. The van der Waals surface area contributed by atoms with Crippen molar-refractivity contribution in [1.29, 1.82) is 0 Å². The molecule has 2 heterocycles. The van der Waals surface area contributed by atoms with Crippen LogP contribution >= 0.6 is 0 Å². The number of aryl methyl sites for hydroxylation is 1. The van der Waals surface area contributed by atoms with Crippen molar-refractivity contribution in [3.63, 3.8) is 0 Å². The van der Waals surface area contributed by atoms with E-state index in [1.165, 1.54) is 12.9 Å². The van der Waals surface area contributed by atoms with Gasteiger partial charge >= 0.3 is 0 Å². The summed E-state index contributed by atoms with van der Waals surface area (Å²) in [5, 5.41) is 0. The SMILES string of the molecule is CC1CN(S(=O)(=O)N2CCN(S(=O)(=O)C3=Cc4ccccc4CC3)CC2)CC(C)O1. The fraction of sp³-hybridized carbons (Fsp3) is 0.600. The van der Waals surface area contributed by atoms with Gasteiger partial charge in [-0.1, -0.05) is 24.3 Å². The molecule has 2 fully saturated rings. The zero-order valence-electron chi connectivity index (χ0n) is 17.4.